The number of rotatable bonds is 2. The van der Waals surface area contributed by atoms with Crippen molar-refractivity contribution in [3.8, 4) is 0 Å². The average Bonchev–Trinajstić information content (AvgIpc) is 2.61. The monoisotopic (exact) mass is 241 g/mol. The third-order valence-corrected chi connectivity index (χ3v) is 4.33. The van der Waals surface area contributed by atoms with Crippen LogP contribution in [0.15, 0.2) is 0 Å². The smallest absolute Gasteiger partial charge is 0.0834 e. The fraction of sp³-hybridized carbons (Fsp3) is 1.00. The molecule has 3 atom stereocenters. The van der Waals surface area contributed by atoms with Gasteiger partial charge in [-0.25, -0.2) is 0 Å². The van der Waals surface area contributed by atoms with E-state index in [-0.39, 0.29) is 6.10 Å². The molecule has 0 amide bonds. The summed E-state index contributed by atoms with van der Waals surface area (Å²) in [5, 5.41) is 10.2. The molecule has 4 nitrogen and oxygen atoms in total. The van der Waals surface area contributed by atoms with E-state index in [1.807, 2.05) is 0 Å². The van der Waals surface area contributed by atoms with Crippen molar-refractivity contribution in [1.82, 2.24) is 14.7 Å². The Balaban J connectivity index is 1.98. The summed E-state index contributed by atoms with van der Waals surface area (Å²) in [6.07, 6.45) is -0.178. The number of β-amino-alcohol motifs (C(OH)–C–C–N with tert-alkyl or cyclic N) is 1. The summed E-state index contributed by atoms with van der Waals surface area (Å²) in [4.78, 5) is 7.27. The Hall–Kier alpha value is -0.160. The van der Waals surface area contributed by atoms with Crippen LogP contribution in [0.1, 0.15) is 20.8 Å². The van der Waals surface area contributed by atoms with E-state index in [2.05, 4.69) is 42.5 Å². The Bertz CT molecular complexity index is 259. The maximum absolute atomic E-state index is 10.2. The largest absolute Gasteiger partial charge is 0.390 e. The number of hydrogen-bond donors (Lipinski definition) is 1. The van der Waals surface area contributed by atoms with Crippen LogP contribution in [0.2, 0.25) is 0 Å². The number of aliphatic hydroxyl groups excluding tert-OH is 1. The Morgan fingerprint density at radius 1 is 1.12 bits per heavy atom. The standard InChI is InChI=1S/C13H27N3O/c1-10(2)15-8-12(13(17)9-15)16-6-5-14(4)7-11(16)3/h10-13,17H,5-9H2,1-4H3. The van der Waals surface area contributed by atoms with E-state index in [0.717, 1.165) is 32.7 Å². The van der Waals surface area contributed by atoms with E-state index < -0.39 is 0 Å². The van der Waals surface area contributed by atoms with Gasteiger partial charge in [0.05, 0.1) is 6.10 Å². The summed E-state index contributed by atoms with van der Waals surface area (Å²) < 4.78 is 0. The second-order valence-electron chi connectivity index (χ2n) is 6.03. The molecule has 0 spiro atoms. The quantitative estimate of drug-likeness (QED) is 0.741. The first-order chi connectivity index (χ1) is 7.99. The summed E-state index contributed by atoms with van der Waals surface area (Å²) >= 11 is 0. The minimum absolute atomic E-state index is 0.178. The average molecular weight is 241 g/mol. The van der Waals surface area contributed by atoms with Crippen molar-refractivity contribution >= 4 is 0 Å². The number of nitrogens with zero attached hydrogens (tertiary/aromatic N) is 3. The van der Waals surface area contributed by atoms with Gasteiger partial charge in [-0.05, 0) is 27.8 Å². The van der Waals surface area contributed by atoms with E-state index in [9.17, 15) is 5.11 Å². The first-order valence-electron chi connectivity index (χ1n) is 6.85. The third kappa shape index (κ3) is 2.81. The molecule has 2 rings (SSSR count). The van der Waals surface area contributed by atoms with Gasteiger partial charge in [-0.2, -0.15) is 0 Å². The zero-order chi connectivity index (χ0) is 12.6. The molecule has 2 aliphatic rings. The van der Waals surface area contributed by atoms with Gasteiger partial charge in [0, 0.05) is 50.8 Å². The lowest BCUT2D eigenvalue weighted by Gasteiger charge is -2.42. The van der Waals surface area contributed by atoms with Gasteiger partial charge in [0.15, 0.2) is 0 Å². The predicted octanol–water partition coefficient (Wildman–Crippen LogP) is 0.0758. The molecule has 2 heterocycles. The molecule has 2 saturated heterocycles. The zero-order valence-electron chi connectivity index (χ0n) is 11.6. The topological polar surface area (TPSA) is 30.0 Å². The van der Waals surface area contributed by atoms with Crippen molar-refractivity contribution in [2.75, 3.05) is 39.8 Å². The maximum atomic E-state index is 10.2. The molecule has 4 heteroatoms. The number of hydrogen-bond acceptors (Lipinski definition) is 4. The molecule has 0 aromatic rings. The normalized spacial score (nSPS) is 38.1. The minimum atomic E-state index is -0.178. The van der Waals surface area contributed by atoms with Crippen LogP contribution in [-0.2, 0) is 0 Å². The molecule has 0 aromatic heterocycles. The summed E-state index contributed by atoms with van der Waals surface area (Å²) in [5.41, 5.74) is 0. The molecule has 1 N–H and O–H groups in total. The van der Waals surface area contributed by atoms with Gasteiger partial charge in [0.1, 0.15) is 0 Å². The van der Waals surface area contributed by atoms with Crippen LogP contribution in [0.4, 0.5) is 0 Å². The Morgan fingerprint density at radius 3 is 2.35 bits per heavy atom. The highest BCUT2D eigenvalue weighted by atomic mass is 16.3. The van der Waals surface area contributed by atoms with Crippen LogP contribution in [-0.4, -0.2) is 83.8 Å². The molecule has 2 aliphatic heterocycles. The molecular weight excluding hydrogens is 214 g/mol. The Labute approximate surface area is 105 Å². The molecule has 0 aromatic carbocycles. The summed E-state index contributed by atoms with van der Waals surface area (Å²) in [6.45, 7) is 11.9. The first-order valence-corrected chi connectivity index (χ1v) is 6.85. The van der Waals surface area contributed by atoms with E-state index in [0.29, 0.717) is 18.1 Å². The zero-order valence-corrected chi connectivity index (χ0v) is 11.6. The van der Waals surface area contributed by atoms with Gasteiger partial charge in [0.2, 0.25) is 0 Å². The summed E-state index contributed by atoms with van der Waals surface area (Å²) in [7, 11) is 2.18. The summed E-state index contributed by atoms with van der Waals surface area (Å²) in [6, 6.07) is 1.43. The maximum Gasteiger partial charge on any atom is 0.0834 e. The fourth-order valence-electron chi connectivity index (χ4n) is 3.19. The molecule has 0 radical (unpaired) electrons. The molecule has 3 unspecified atom stereocenters. The molecule has 2 fully saturated rings. The highest BCUT2D eigenvalue weighted by Gasteiger charge is 2.39. The summed E-state index contributed by atoms with van der Waals surface area (Å²) in [5.74, 6) is 0. The van der Waals surface area contributed by atoms with Crippen LogP contribution in [0.3, 0.4) is 0 Å². The SMILES string of the molecule is CC(C)N1CC(O)C(N2CCN(C)CC2C)C1. The number of likely N-dealkylation sites (N-methyl/N-ethyl adjacent to an activating group) is 1. The van der Waals surface area contributed by atoms with Crippen molar-refractivity contribution in [2.24, 2.45) is 0 Å². The lowest BCUT2D eigenvalue weighted by atomic mass is 10.1. The van der Waals surface area contributed by atoms with E-state index in [1.54, 1.807) is 0 Å². The van der Waals surface area contributed by atoms with Crippen LogP contribution in [0.5, 0.6) is 0 Å². The van der Waals surface area contributed by atoms with Gasteiger partial charge in [-0.1, -0.05) is 0 Å². The van der Waals surface area contributed by atoms with Crippen LogP contribution in [0.25, 0.3) is 0 Å². The molecule has 100 valence electrons. The van der Waals surface area contributed by atoms with E-state index in [4.69, 9.17) is 0 Å². The first kappa shape index (κ1) is 13.3. The van der Waals surface area contributed by atoms with Crippen molar-refractivity contribution in [3.63, 3.8) is 0 Å². The van der Waals surface area contributed by atoms with Gasteiger partial charge in [-0.15, -0.1) is 0 Å². The van der Waals surface area contributed by atoms with Gasteiger partial charge in [-0.3, -0.25) is 9.80 Å². The second-order valence-corrected chi connectivity index (χ2v) is 6.03. The van der Waals surface area contributed by atoms with Gasteiger partial charge in [0.25, 0.3) is 0 Å². The van der Waals surface area contributed by atoms with Crippen LogP contribution >= 0.6 is 0 Å². The van der Waals surface area contributed by atoms with Gasteiger partial charge < -0.3 is 10.0 Å². The molecule has 0 saturated carbocycles. The molecule has 17 heavy (non-hydrogen) atoms. The molecule has 0 bridgehead atoms. The van der Waals surface area contributed by atoms with E-state index >= 15 is 0 Å². The fourth-order valence-corrected chi connectivity index (χ4v) is 3.19. The Kier molecular flexibility index (Phi) is 4.08. The van der Waals surface area contributed by atoms with E-state index in [1.165, 1.54) is 0 Å². The Morgan fingerprint density at radius 2 is 1.82 bits per heavy atom. The number of likely N-dealkylation sites (tertiary alicyclic amines) is 1. The highest BCUT2D eigenvalue weighted by Crippen LogP contribution is 2.22. The lowest BCUT2D eigenvalue weighted by molar-refractivity contribution is 0.0179. The van der Waals surface area contributed by atoms with Gasteiger partial charge >= 0.3 is 0 Å². The van der Waals surface area contributed by atoms with Crippen molar-refractivity contribution in [3.05, 3.63) is 0 Å². The number of aliphatic hydroxyl groups is 1. The van der Waals surface area contributed by atoms with Crippen molar-refractivity contribution in [2.45, 2.75) is 45.0 Å². The molecular formula is C13H27N3O. The van der Waals surface area contributed by atoms with Crippen LogP contribution in [0, 0.1) is 0 Å². The highest BCUT2D eigenvalue weighted by molar-refractivity contribution is 4.95. The lowest BCUT2D eigenvalue weighted by Crippen LogP contribution is -2.57. The van der Waals surface area contributed by atoms with Crippen molar-refractivity contribution < 1.29 is 5.11 Å². The third-order valence-electron chi connectivity index (χ3n) is 4.33. The predicted molar refractivity (Wildman–Crippen MR) is 70.2 cm³/mol. The van der Waals surface area contributed by atoms with Crippen molar-refractivity contribution in [1.29, 1.82) is 0 Å². The second kappa shape index (κ2) is 5.22. The molecule has 0 aliphatic carbocycles. The minimum Gasteiger partial charge on any atom is -0.390 e. The number of piperazine rings is 1. The van der Waals surface area contributed by atoms with Crippen LogP contribution < -0.4 is 0 Å².